The van der Waals surface area contributed by atoms with Gasteiger partial charge in [-0.25, -0.2) is 0 Å². The SMILES string of the molecule is CCC(C)(CNC)CN(C)CC(O)COC. The number of ether oxygens (including phenoxy) is 1. The van der Waals surface area contributed by atoms with E-state index in [1.165, 1.54) is 0 Å². The molecule has 4 nitrogen and oxygen atoms in total. The minimum atomic E-state index is -0.398. The van der Waals surface area contributed by atoms with E-state index in [-0.39, 0.29) is 5.41 Å². The third-order valence-corrected chi connectivity index (χ3v) is 2.99. The quantitative estimate of drug-likeness (QED) is 0.610. The molecule has 2 atom stereocenters. The molecule has 0 bridgehead atoms. The van der Waals surface area contributed by atoms with Gasteiger partial charge in [-0.15, -0.1) is 0 Å². The lowest BCUT2D eigenvalue weighted by atomic mass is 9.87. The number of aliphatic hydroxyl groups excluding tert-OH is 1. The molecule has 2 unspecified atom stereocenters. The fraction of sp³-hybridized carbons (Fsp3) is 1.00. The molecule has 0 aromatic rings. The van der Waals surface area contributed by atoms with Crippen LogP contribution < -0.4 is 5.32 Å². The van der Waals surface area contributed by atoms with Gasteiger partial charge in [-0.2, -0.15) is 0 Å². The zero-order chi connectivity index (χ0) is 12.6. The number of nitrogens with zero attached hydrogens (tertiary/aromatic N) is 1. The van der Waals surface area contributed by atoms with E-state index >= 15 is 0 Å². The molecule has 0 radical (unpaired) electrons. The zero-order valence-corrected chi connectivity index (χ0v) is 11.4. The summed E-state index contributed by atoms with van der Waals surface area (Å²) in [5.74, 6) is 0. The van der Waals surface area contributed by atoms with E-state index in [4.69, 9.17) is 4.74 Å². The predicted octanol–water partition coefficient (Wildman–Crippen LogP) is 0.561. The van der Waals surface area contributed by atoms with Crippen molar-refractivity contribution in [3.63, 3.8) is 0 Å². The van der Waals surface area contributed by atoms with Crippen LogP contribution in [0.1, 0.15) is 20.3 Å². The second kappa shape index (κ2) is 8.01. The lowest BCUT2D eigenvalue weighted by molar-refractivity contribution is 0.0344. The normalized spacial score (nSPS) is 17.4. The van der Waals surface area contributed by atoms with Gasteiger partial charge in [0.1, 0.15) is 0 Å². The van der Waals surface area contributed by atoms with Crippen LogP contribution in [0.2, 0.25) is 0 Å². The average Bonchev–Trinajstić information content (AvgIpc) is 2.17. The fourth-order valence-corrected chi connectivity index (χ4v) is 2.04. The van der Waals surface area contributed by atoms with Crippen LogP contribution in [0.5, 0.6) is 0 Å². The van der Waals surface area contributed by atoms with E-state index in [0.29, 0.717) is 13.2 Å². The van der Waals surface area contributed by atoms with Crippen LogP contribution in [0, 0.1) is 5.41 Å². The molecule has 0 spiro atoms. The van der Waals surface area contributed by atoms with E-state index in [2.05, 4.69) is 24.1 Å². The molecule has 0 rings (SSSR count). The van der Waals surface area contributed by atoms with Crippen molar-refractivity contribution in [1.82, 2.24) is 10.2 Å². The highest BCUT2D eigenvalue weighted by atomic mass is 16.5. The molecule has 0 aliphatic heterocycles. The van der Waals surface area contributed by atoms with Crippen molar-refractivity contribution >= 4 is 0 Å². The molecule has 0 aromatic carbocycles. The first-order valence-corrected chi connectivity index (χ1v) is 5.97. The van der Waals surface area contributed by atoms with Crippen molar-refractivity contribution in [2.45, 2.75) is 26.4 Å². The molecule has 4 heteroatoms. The number of nitrogens with one attached hydrogen (secondary N) is 1. The summed E-state index contributed by atoms with van der Waals surface area (Å²) in [6.07, 6.45) is 0.726. The van der Waals surface area contributed by atoms with Gasteiger partial charge in [-0.1, -0.05) is 13.8 Å². The highest BCUT2D eigenvalue weighted by molar-refractivity contribution is 4.78. The standard InChI is InChI=1S/C12H28N2O2/c1-6-12(2,9-13-3)10-14(4)7-11(15)8-16-5/h11,13,15H,6-10H2,1-5H3. The van der Waals surface area contributed by atoms with Crippen LogP contribution >= 0.6 is 0 Å². The Labute approximate surface area is 100.0 Å². The maximum atomic E-state index is 9.64. The maximum absolute atomic E-state index is 9.64. The van der Waals surface area contributed by atoms with Gasteiger partial charge in [0.15, 0.2) is 0 Å². The summed E-state index contributed by atoms with van der Waals surface area (Å²) < 4.78 is 4.92. The average molecular weight is 232 g/mol. The number of likely N-dealkylation sites (N-methyl/N-ethyl adjacent to an activating group) is 1. The van der Waals surface area contributed by atoms with Crippen LogP contribution in [0.25, 0.3) is 0 Å². The summed E-state index contributed by atoms with van der Waals surface area (Å²) in [6, 6.07) is 0. The fourth-order valence-electron chi connectivity index (χ4n) is 2.04. The van der Waals surface area contributed by atoms with E-state index in [1.807, 2.05) is 14.1 Å². The molecule has 0 saturated carbocycles. The highest BCUT2D eigenvalue weighted by Gasteiger charge is 2.23. The van der Waals surface area contributed by atoms with E-state index in [9.17, 15) is 5.11 Å². The van der Waals surface area contributed by atoms with Crippen molar-refractivity contribution in [2.75, 3.05) is 47.4 Å². The number of hydrogen-bond acceptors (Lipinski definition) is 4. The Balaban J connectivity index is 4.04. The zero-order valence-electron chi connectivity index (χ0n) is 11.4. The first-order valence-electron chi connectivity index (χ1n) is 5.97. The van der Waals surface area contributed by atoms with Gasteiger partial charge in [0.05, 0.1) is 12.7 Å². The Morgan fingerprint density at radius 2 is 2.12 bits per heavy atom. The number of methoxy groups -OCH3 is 1. The van der Waals surface area contributed by atoms with Gasteiger partial charge >= 0.3 is 0 Å². The minimum absolute atomic E-state index is 0.260. The van der Waals surface area contributed by atoms with Gasteiger partial charge in [0.2, 0.25) is 0 Å². The molecule has 0 heterocycles. The molecular formula is C12H28N2O2. The summed E-state index contributed by atoms with van der Waals surface area (Å²) in [5, 5.41) is 12.9. The van der Waals surface area contributed by atoms with E-state index in [0.717, 1.165) is 19.5 Å². The monoisotopic (exact) mass is 232 g/mol. The summed E-state index contributed by atoms with van der Waals surface area (Å²) in [7, 11) is 5.64. The molecule has 0 fully saturated rings. The van der Waals surface area contributed by atoms with E-state index < -0.39 is 6.10 Å². The van der Waals surface area contributed by atoms with Crippen LogP contribution in [0.3, 0.4) is 0 Å². The number of aliphatic hydroxyl groups is 1. The van der Waals surface area contributed by atoms with Crippen molar-refractivity contribution < 1.29 is 9.84 Å². The largest absolute Gasteiger partial charge is 0.389 e. The Morgan fingerprint density at radius 3 is 2.56 bits per heavy atom. The first kappa shape index (κ1) is 15.8. The topological polar surface area (TPSA) is 44.7 Å². The van der Waals surface area contributed by atoms with Crippen molar-refractivity contribution in [2.24, 2.45) is 5.41 Å². The van der Waals surface area contributed by atoms with Gasteiger partial charge in [0.25, 0.3) is 0 Å². The second-order valence-electron chi connectivity index (χ2n) is 5.00. The molecule has 2 N–H and O–H groups in total. The van der Waals surface area contributed by atoms with Gasteiger partial charge < -0.3 is 20.1 Å². The smallest absolute Gasteiger partial charge is 0.0899 e. The molecular weight excluding hydrogens is 204 g/mol. The Kier molecular flexibility index (Phi) is 7.93. The molecule has 0 saturated heterocycles. The van der Waals surface area contributed by atoms with Crippen LogP contribution in [0.15, 0.2) is 0 Å². The molecule has 0 aromatic heterocycles. The number of hydrogen-bond donors (Lipinski definition) is 2. The first-order chi connectivity index (χ1) is 7.47. The van der Waals surface area contributed by atoms with Gasteiger partial charge in [-0.05, 0) is 25.9 Å². The van der Waals surface area contributed by atoms with Gasteiger partial charge in [0, 0.05) is 26.7 Å². The van der Waals surface area contributed by atoms with Crippen molar-refractivity contribution in [3.05, 3.63) is 0 Å². The van der Waals surface area contributed by atoms with Gasteiger partial charge in [-0.3, -0.25) is 0 Å². The second-order valence-corrected chi connectivity index (χ2v) is 5.00. The molecule has 0 amide bonds. The van der Waals surface area contributed by atoms with E-state index in [1.54, 1.807) is 7.11 Å². The summed E-state index contributed by atoms with van der Waals surface area (Å²) in [6.45, 7) is 7.51. The third kappa shape index (κ3) is 6.43. The maximum Gasteiger partial charge on any atom is 0.0899 e. The summed E-state index contributed by atoms with van der Waals surface area (Å²) in [5.41, 5.74) is 0.260. The van der Waals surface area contributed by atoms with Crippen molar-refractivity contribution in [3.8, 4) is 0 Å². The molecule has 0 aliphatic carbocycles. The Bertz CT molecular complexity index is 178. The lowest BCUT2D eigenvalue weighted by Crippen LogP contribution is -2.42. The summed E-state index contributed by atoms with van der Waals surface area (Å²) in [4.78, 5) is 2.17. The predicted molar refractivity (Wildman–Crippen MR) is 67.7 cm³/mol. The van der Waals surface area contributed by atoms with Crippen molar-refractivity contribution in [1.29, 1.82) is 0 Å². The molecule has 0 aliphatic rings. The summed E-state index contributed by atoms with van der Waals surface area (Å²) >= 11 is 0. The van der Waals surface area contributed by atoms with Crippen LogP contribution in [-0.4, -0.2) is 63.6 Å². The minimum Gasteiger partial charge on any atom is -0.389 e. The Hall–Kier alpha value is -0.160. The van der Waals surface area contributed by atoms with Crippen LogP contribution in [0.4, 0.5) is 0 Å². The molecule has 16 heavy (non-hydrogen) atoms. The Morgan fingerprint density at radius 1 is 1.50 bits per heavy atom. The third-order valence-electron chi connectivity index (χ3n) is 2.99. The molecule has 98 valence electrons. The lowest BCUT2D eigenvalue weighted by Gasteiger charge is -2.33. The highest BCUT2D eigenvalue weighted by Crippen LogP contribution is 2.20. The van der Waals surface area contributed by atoms with Crippen LogP contribution in [-0.2, 0) is 4.74 Å². The number of rotatable bonds is 9.